The Kier molecular flexibility index (Phi) is 7.33. The van der Waals surface area contributed by atoms with Crippen LogP contribution in [0.3, 0.4) is 0 Å². The monoisotopic (exact) mass is 357 g/mol. The molecule has 0 aliphatic rings. The SMILES string of the molecule is CC(C)C[C@H](NC(=O)Cc1ccc(F)cc1)C(=O)OCc1ccccc1. The highest BCUT2D eigenvalue weighted by Crippen LogP contribution is 2.10. The van der Waals surface area contributed by atoms with Crippen molar-refractivity contribution in [3.8, 4) is 0 Å². The maximum atomic E-state index is 12.9. The Bertz CT molecular complexity index is 714. The van der Waals surface area contributed by atoms with Crippen molar-refractivity contribution in [1.29, 1.82) is 0 Å². The van der Waals surface area contributed by atoms with E-state index in [9.17, 15) is 14.0 Å². The van der Waals surface area contributed by atoms with Gasteiger partial charge in [-0.25, -0.2) is 9.18 Å². The Labute approximate surface area is 153 Å². The van der Waals surface area contributed by atoms with Crippen LogP contribution in [0.2, 0.25) is 0 Å². The van der Waals surface area contributed by atoms with Crippen LogP contribution in [0, 0.1) is 11.7 Å². The van der Waals surface area contributed by atoms with E-state index in [4.69, 9.17) is 4.74 Å². The lowest BCUT2D eigenvalue weighted by molar-refractivity contribution is -0.149. The molecule has 2 aromatic rings. The summed E-state index contributed by atoms with van der Waals surface area (Å²) >= 11 is 0. The van der Waals surface area contributed by atoms with Gasteiger partial charge in [-0.1, -0.05) is 56.3 Å². The van der Waals surface area contributed by atoms with Gasteiger partial charge >= 0.3 is 5.97 Å². The number of rotatable bonds is 8. The maximum absolute atomic E-state index is 12.9. The first-order chi connectivity index (χ1) is 12.4. The molecule has 0 bridgehead atoms. The first kappa shape index (κ1) is 19.6. The van der Waals surface area contributed by atoms with Crippen molar-refractivity contribution < 1.29 is 18.7 Å². The van der Waals surface area contributed by atoms with Gasteiger partial charge in [0.05, 0.1) is 6.42 Å². The van der Waals surface area contributed by atoms with Gasteiger partial charge in [0.2, 0.25) is 5.91 Å². The summed E-state index contributed by atoms with van der Waals surface area (Å²) in [6, 6.07) is 14.4. The lowest BCUT2D eigenvalue weighted by Gasteiger charge is -2.19. The van der Waals surface area contributed by atoms with E-state index < -0.39 is 12.0 Å². The molecule has 0 aromatic heterocycles. The minimum atomic E-state index is -0.702. The molecule has 0 aliphatic heterocycles. The van der Waals surface area contributed by atoms with Gasteiger partial charge in [0.15, 0.2) is 0 Å². The van der Waals surface area contributed by atoms with Gasteiger partial charge in [0, 0.05) is 0 Å². The number of ether oxygens (including phenoxy) is 1. The van der Waals surface area contributed by atoms with Gasteiger partial charge in [-0.2, -0.15) is 0 Å². The molecule has 0 saturated carbocycles. The van der Waals surface area contributed by atoms with Gasteiger partial charge in [0.25, 0.3) is 0 Å². The summed E-state index contributed by atoms with van der Waals surface area (Å²) in [5.74, 6) is -0.874. The van der Waals surface area contributed by atoms with Crippen molar-refractivity contribution in [3.05, 3.63) is 71.5 Å². The zero-order valence-electron chi connectivity index (χ0n) is 15.1. The Morgan fingerprint density at radius 1 is 1.00 bits per heavy atom. The van der Waals surface area contributed by atoms with Crippen molar-refractivity contribution in [3.63, 3.8) is 0 Å². The highest BCUT2D eigenvalue weighted by Gasteiger charge is 2.23. The zero-order chi connectivity index (χ0) is 18.9. The summed E-state index contributed by atoms with van der Waals surface area (Å²) in [7, 11) is 0. The van der Waals surface area contributed by atoms with Crippen LogP contribution in [0.5, 0.6) is 0 Å². The van der Waals surface area contributed by atoms with Crippen LogP contribution >= 0.6 is 0 Å². The summed E-state index contributed by atoms with van der Waals surface area (Å²) in [6.07, 6.45) is 0.573. The van der Waals surface area contributed by atoms with Crippen LogP contribution in [0.25, 0.3) is 0 Å². The first-order valence-electron chi connectivity index (χ1n) is 8.68. The van der Waals surface area contributed by atoms with Crippen LogP contribution in [0.4, 0.5) is 4.39 Å². The zero-order valence-corrected chi connectivity index (χ0v) is 15.1. The molecule has 0 spiro atoms. The lowest BCUT2D eigenvalue weighted by atomic mass is 10.0. The third-order valence-electron chi connectivity index (χ3n) is 3.83. The van der Waals surface area contributed by atoms with Crippen LogP contribution in [-0.2, 0) is 27.4 Å². The Morgan fingerprint density at radius 3 is 2.27 bits per heavy atom. The smallest absolute Gasteiger partial charge is 0.328 e. The Hall–Kier alpha value is -2.69. The second kappa shape index (κ2) is 9.70. The van der Waals surface area contributed by atoms with Crippen molar-refractivity contribution in [2.24, 2.45) is 5.92 Å². The van der Waals surface area contributed by atoms with E-state index in [1.165, 1.54) is 12.1 Å². The minimum absolute atomic E-state index is 0.0842. The number of halogens is 1. The van der Waals surface area contributed by atoms with Crippen molar-refractivity contribution >= 4 is 11.9 Å². The fourth-order valence-electron chi connectivity index (χ4n) is 2.55. The molecule has 1 atom stereocenters. The summed E-state index contributed by atoms with van der Waals surface area (Å²) in [6.45, 7) is 4.12. The summed E-state index contributed by atoms with van der Waals surface area (Å²) in [4.78, 5) is 24.7. The first-order valence-corrected chi connectivity index (χ1v) is 8.68. The molecule has 26 heavy (non-hydrogen) atoms. The second-order valence-electron chi connectivity index (χ2n) is 6.65. The van der Waals surface area contributed by atoms with Gasteiger partial charge in [0.1, 0.15) is 18.5 Å². The Morgan fingerprint density at radius 2 is 1.65 bits per heavy atom. The number of amides is 1. The van der Waals surface area contributed by atoms with Gasteiger partial charge in [-0.3, -0.25) is 4.79 Å². The average Bonchev–Trinajstić information content (AvgIpc) is 2.61. The van der Waals surface area contributed by atoms with E-state index in [-0.39, 0.29) is 30.7 Å². The third-order valence-corrected chi connectivity index (χ3v) is 3.83. The highest BCUT2D eigenvalue weighted by atomic mass is 19.1. The topological polar surface area (TPSA) is 55.4 Å². The van der Waals surface area contributed by atoms with E-state index in [1.807, 2.05) is 44.2 Å². The molecule has 0 fully saturated rings. The number of hydrogen-bond acceptors (Lipinski definition) is 3. The van der Waals surface area contributed by atoms with Crippen LogP contribution in [0.1, 0.15) is 31.4 Å². The van der Waals surface area contributed by atoms with Crippen molar-refractivity contribution in [2.45, 2.75) is 39.3 Å². The van der Waals surface area contributed by atoms with E-state index in [1.54, 1.807) is 12.1 Å². The molecular weight excluding hydrogens is 333 g/mol. The fraction of sp³-hybridized carbons (Fsp3) is 0.333. The lowest BCUT2D eigenvalue weighted by Crippen LogP contribution is -2.43. The van der Waals surface area contributed by atoms with E-state index in [2.05, 4.69) is 5.32 Å². The van der Waals surface area contributed by atoms with E-state index >= 15 is 0 Å². The molecular formula is C21H24FNO3. The van der Waals surface area contributed by atoms with Gasteiger partial charge < -0.3 is 10.1 Å². The van der Waals surface area contributed by atoms with E-state index in [0.717, 1.165) is 5.56 Å². The van der Waals surface area contributed by atoms with Crippen LogP contribution in [-0.4, -0.2) is 17.9 Å². The quantitative estimate of drug-likeness (QED) is 0.734. The molecule has 0 aliphatic carbocycles. The molecule has 5 heteroatoms. The highest BCUT2D eigenvalue weighted by molar-refractivity contribution is 5.85. The molecule has 4 nitrogen and oxygen atoms in total. The number of nitrogens with one attached hydrogen (secondary N) is 1. The summed E-state index contributed by atoms with van der Waals surface area (Å²) in [5, 5.41) is 2.74. The maximum Gasteiger partial charge on any atom is 0.328 e. The number of esters is 1. The predicted octanol–water partition coefficient (Wildman–Crippen LogP) is 3.64. The molecule has 138 valence electrons. The molecule has 0 radical (unpaired) electrons. The number of carbonyl (C=O) groups is 2. The largest absolute Gasteiger partial charge is 0.459 e. The third kappa shape index (κ3) is 6.67. The number of benzene rings is 2. The predicted molar refractivity (Wildman–Crippen MR) is 97.7 cm³/mol. The molecule has 0 saturated heterocycles. The molecule has 0 unspecified atom stereocenters. The molecule has 2 rings (SSSR count). The molecule has 1 amide bonds. The average molecular weight is 357 g/mol. The summed E-state index contributed by atoms with van der Waals surface area (Å²) < 4.78 is 18.3. The van der Waals surface area contributed by atoms with Gasteiger partial charge in [-0.05, 0) is 35.6 Å². The van der Waals surface area contributed by atoms with Crippen LogP contribution in [0.15, 0.2) is 54.6 Å². The second-order valence-corrected chi connectivity index (χ2v) is 6.65. The van der Waals surface area contributed by atoms with Crippen molar-refractivity contribution in [2.75, 3.05) is 0 Å². The fourth-order valence-corrected chi connectivity index (χ4v) is 2.55. The normalized spacial score (nSPS) is 11.8. The molecule has 1 N–H and O–H groups in total. The standard InChI is InChI=1S/C21H24FNO3/c1-15(2)12-19(21(25)26-14-17-6-4-3-5-7-17)23-20(24)13-16-8-10-18(22)11-9-16/h3-11,15,19H,12-14H2,1-2H3,(H,23,24)/t19-/m0/s1. The van der Waals surface area contributed by atoms with Crippen molar-refractivity contribution in [1.82, 2.24) is 5.32 Å². The van der Waals surface area contributed by atoms with Gasteiger partial charge in [-0.15, -0.1) is 0 Å². The molecule has 0 heterocycles. The molecule has 2 aromatic carbocycles. The van der Waals surface area contributed by atoms with E-state index in [0.29, 0.717) is 12.0 Å². The minimum Gasteiger partial charge on any atom is -0.459 e. The Balaban J connectivity index is 1.93. The summed E-state index contributed by atoms with van der Waals surface area (Å²) in [5.41, 5.74) is 1.58. The number of hydrogen-bond donors (Lipinski definition) is 1. The number of carbonyl (C=O) groups excluding carboxylic acids is 2. The van der Waals surface area contributed by atoms with Crippen LogP contribution < -0.4 is 5.32 Å².